The van der Waals surface area contributed by atoms with Crippen molar-refractivity contribution in [1.29, 1.82) is 0 Å². The van der Waals surface area contributed by atoms with Crippen molar-refractivity contribution in [2.75, 3.05) is 13.1 Å². The van der Waals surface area contributed by atoms with E-state index in [4.69, 9.17) is 9.84 Å². The third kappa shape index (κ3) is 2.74. The van der Waals surface area contributed by atoms with Gasteiger partial charge in [-0.05, 0) is 30.7 Å². The molecule has 88 valence electrons. The molecule has 1 aromatic carbocycles. The summed E-state index contributed by atoms with van der Waals surface area (Å²) in [7, 11) is 0. The fraction of sp³-hybridized carbons (Fsp3) is 0.538. The summed E-state index contributed by atoms with van der Waals surface area (Å²) in [4.78, 5) is 0. The molecule has 0 aromatic heterocycles. The molecule has 0 bridgehead atoms. The highest BCUT2D eigenvalue weighted by molar-refractivity contribution is 5.28. The molecule has 1 fully saturated rings. The number of hydrogen-bond acceptors (Lipinski definition) is 3. The Balaban J connectivity index is 2.01. The molecule has 2 N–H and O–H groups in total. The van der Waals surface area contributed by atoms with Gasteiger partial charge < -0.3 is 15.2 Å². The maximum Gasteiger partial charge on any atom is 0.120 e. The van der Waals surface area contributed by atoms with Gasteiger partial charge in [0.1, 0.15) is 11.9 Å². The standard InChI is InChI=1S/C13H19NO2/c1-10-8-14-6-5-13(10)16-12-4-2-3-11(7-12)9-15/h2-4,7,10,13-15H,5-6,8-9H2,1H3. The van der Waals surface area contributed by atoms with Crippen molar-refractivity contribution in [1.82, 2.24) is 5.32 Å². The second-order valence-electron chi connectivity index (χ2n) is 4.43. The Morgan fingerprint density at radius 3 is 3.12 bits per heavy atom. The lowest BCUT2D eigenvalue weighted by atomic mass is 9.98. The molecule has 1 aliphatic rings. The van der Waals surface area contributed by atoms with Crippen molar-refractivity contribution >= 4 is 0 Å². The normalized spacial score (nSPS) is 25.4. The van der Waals surface area contributed by atoms with Crippen LogP contribution in [0.5, 0.6) is 5.75 Å². The lowest BCUT2D eigenvalue weighted by Gasteiger charge is -2.30. The van der Waals surface area contributed by atoms with Gasteiger partial charge >= 0.3 is 0 Å². The third-order valence-electron chi connectivity index (χ3n) is 3.08. The third-order valence-corrected chi connectivity index (χ3v) is 3.08. The molecule has 2 unspecified atom stereocenters. The maximum absolute atomic E-state index is 9.05. The van der Waals surface area contributed by atoms with Crippen LogP contribution in [-0.2, 0) is 6.61 Å². The predicted molar refractivity (Wildman–Crippen MR) is 63.4 cm³/mol. The minimum atomic E-state index is 0.0684. The Bertz CT molecular complexity index is 340. The number of aliphatic hydroxyl groups excluding tert-OH is 1. The van der Waals surface area contributed by atoms with Crippen LogP contribution in [0, 0.1) is 5.92 Å². The van der Waals surface area contributed by atoms with Crippen LogP contribution in [0.1, 0.15) is 18.9 Å². The molecule has 1 saturated heterocycles. The van der Waals surface area contributed by atoms with Crippen molar-refractivity contribution in [3.05, 3.63) is 29.8 Å². The van der Waals surface area contributed by atoms with E-state index in [1.54, 1.807) is 0 Å². The summed E-state index contributed by atoms with van der Waals surface area (Å²) in [5.41, 5.74) is 0.902. The van der Waals surface area contributed by atoms with E-state index in [2.05, 4.69) is 12.2 Å². The first-order valence-corrected chi connectivity index (χ1v) is 5.87. The number of aliphatic hydroxyl groups is 1. The topological polar surface area (TPSA) is 41.5 Å². The Labute approximate surface area is 96.4 Å². The number of piperidine rings is 1. The first-order chi connectivity index (χ1) is 7.79. The second-order valence-corrected chi connectivity index (χ2v) is 4.43. The van der Waals surface area contributed by atoms with Gasteiger partial charge in [-0.2, -0.15) is 0 Å². The Hall–Kier alpha value is -1.06. The van der Waals surface area contributed by atoms with Crippen LogP contribution in [-0.4, -0.2) is 24.3 Å². The number of ether oxygens (including phenoxy) is 1. The van der Waals surface area contributed by atoms with Crippen LogP contribution in [0.25, 0.3) is 0 Å². The SMILES string of the molecule is CC1CNCCC1Oc1cccc(CO)c1. The molecule has 16 heavy (non-hydrogen) atoms. The molecule has 3 nitrogen and oxygen atoms in total. The van der Waals surface area contributed by atoms with Crippen LogP contribution in [0.3, 0.4) is 0 Å². The number of benzene rings is 1. The van der Waals surface area contributed by atoms with E-state index >= 15 is 0 Å². The van der Waals surface area contributed by atoms with Crippen LogP contribution in [0.2, 0.25) is 0 Å². The van der Waals surface area contributed by atoms with Gasteiger partial charge in [0.2, 0.25) is 0 Å². The van der Waals surface area contributed by atoms with Crippen LogP contribution in [0.4, 0.5) is 0 Å². The monoisotopic (exact) mass is 221 g/mol. The van der Waals surface area contributed by atoms with Gasteiger partial charge in [0.15, 0.2) is 0 Å². The molecule has 2 rings (SSSR count). The number of hydrogen-bond donors (Lipinski definition) is 2. The van der Waals surface area contributed by atoms with E-state index in [1.165, 1.54) is 0 Å². The van der Waals surface area contributed by atoms with Gasteiger partial charge in [-0.25, -0.2) is 0 Å². The highest BCUT2D eigenvalue weighted by Crippen LogP contribution is 2.20. The van der Waals surface area contributed by atoms with E-state index in [9.17, 15) is 0 Å². The van der Waals surface area contributed by atoms with Crippen molar-refractivity contribution in [2.45, 2.75) is 26.1 Å². The van der Waals surface area contributed by atoms with E-state index in [1.807, 2.05) is 24.3 Å². The van der Waals surface area contributed by atoms with E-state index in [0.717, 1.165) is 30.8 Å². The lowest BCUT2D eigenvalue weighted by molar-refractivity contribution is 0.111. The van der Waals surface area contributed by atoms with Crippen LogP contribution >= 0.6 is 0 Å². The average Bonchev–Trinajstić information content (AvgIpc) is 2.32. The molecule has 3 heteroatoms. The molecule has 1 aliphatic heterocycles. The van der Waals surface area contributed by atoms with Gasteiger partial charge in [0.05, 0.1) is 6.61 Å². The summed E-state index contributed by atoms with van der Waals surface area (Å²) in [5.74, 6) is 1.40. The van der Waals surface area contributed by atoms with E-state index < -0.39 is 0 Å². The molecule has 0 aliphatic carbocycles. The summed E-state index contributed by atoms with van der Waals surface area (Å²) in [6, 6.07) is 7.69. The summed E-state index contributed by atoms with van der Waals surface area (Å²) in [6.45, 7) is 4.31. The quantitative estimate of drug-likeness (QED) is 0.814. The van der Waals surface area contributed by atoms with Crippen LogP contribution < -0.4 is 10.1 Å². The molecule has 2 atom stereocenters. The van der Waals surface area contributed by atoms with Gasteiger partial charge in [-0.1, -0.05) is 19.1 Å². The second kappa shape index (κ2) is 5.32. The summed E-state index contributed by atoms with van der Waals surface area (Å²) >= 11 is 0. The first kappa shape index (κ1) is 11.4. The highest BCUT2D eigenvalue weighted by Gasteiger charge is 2.22. The fourth-order valence-corrected chi connectivity index (χ4v) is 2.06. The van der Waals surface area contributed by atoms with Crippen molar-refractivity contribution in [3.63, 3.8) is 0 Å². The maximum atomic E-state index is 9.05. The molecule has 1 aromatic rings. The fourth-order valence-electron chi connectivity index (χ4n) is 2.06. The summed E-state index contributed by atoms with van der Waals surface area (Å²) in [5, 5.41) is 12.4. The van der Waals surface area contributed by atoms with Crippen molar-refractivity contribution in [3.8, 4) is 5.75 Å². The molecule has 0 spiro atoms. The van der Waals surface area contributed by atoms with Gasteiger partial charge in [0, 0.05) is 12.5 Å². The van der Waals surface area contributed by atoms with Crippen LogP contribution in [0.15, 0.2) is 24.3 Å². The summed E-state index contributed by atoms with van der Waals surface area (Å²) < 4.78 is 5.96. The average molecular weight is 221 g/mol. The minimum absolute atomic E-state index is 0.0684. The largest absolute Gasteiger partial charge is 0.490 e. The van der Waals surface area contributed by atoms with Crippen molar-refractivity contribution in [2.24, 2.45) is 5.92 Å². The zero-order valence-electron chi connectivity index (χ0n) is 9.65. The molecule has 0 saturated carbocycles. The Morgan fingerprint density at radius 1 is 1.50 bits per heavy atom. The van der Waals surface area contributed by atoms with Crippen molar-refractivity contribution < 1.29 is 9.84 Å². The van der Waals surface area contributed by atoms with Gasteiger partial charge in [-0.3, -0.25) is 0 Å². The van der Waals surface area contributed by atoms with E-state index in [-0.39, 0.29) is 12.7 Å². The number of nitrogens with one attached hydrogen (secondary N) is 1. The van der Waals surface area contributed by atoms with E-state index in [0.29, 0.717) is 5.92 Å². The lowest BCUT2D eigenvalue weighted by Crippen LogP contribution is -2.41. The Kier molecular flexibility index (Phi) is 3.80. The zero-order chi connectivity index (χ0) is 11.4. The zero-order valence-corrected chi connectivity index (χ0v) is 9.65. The molecular formula is C13H19NO2. The minimum Gasteiger partial charge on any atom is -0.490 e. The molecular weight excluding hydrogens is 202 g/mol. The first-order valence-electron chi connectivity index (χ1n) is 5.87. The Morgan fingerprint density at radius 2 is 2.38 bits per heavy atom. The predicted octanol–water partition coefficient (Wildman–Crippen LogP) is 1.56. The molecule has 0 amide bonds. The summed E-state index contributed by atoms with van der Waals surface area (Å²) in [6.07, 6.45) is 1.33. The number of rotatable bonds is 3. The molecule has 1 heterocycles. The highest BCUT2D eigenvalue weighted by atomic mass is 16.5. The van der Waals surface area contributed by atoms with Gasteiger partial charge in [-0.15, -0.1) is 0 Å². The molecule has 0 radical (unpaired) electrons. The smallest absolute Gasteiger partial charge is 0.120 e. The van der Waals surface area contributed by atoms with Gasteiger partial charge in [0.25, 0.3) is 0 Å².